The predicted molar refractivity (Wildman–Crippen MR) is 71.0 cm³/mol. The van der Waals surface area contributed by atoms with Crippen LogP contribution < -0.4 is 0 Å². The molecule has 0 N–H and O–H groups in total. The standard InChI is InChI=1S/C15H28/c1-8-11-14(4,5)12-13(9-2)15(6,7)10-3/h8-9,11H,10,12H2,1-7H3. The summed E-state index contributed by atoms with van der Waals surface area (Å²) >= 11 is 0. The number of hydrogen-bond donors (Lipinski definition) is 0. The van der Waals surface area contributed by atoms with Crippen molar-refractivity contribution in [2.45, 2.75) is 61.3 Å². The molecule has 0 fully saturated rings. The van der Waals surface area contributed by atoms with Crippen molar-refractivity contribution in [3.8, 4) is 0 Å². The normalized spacial score (nSPS) is 15.0. The zero-order chi connectivity index (χ0) is 12.1. The maximum absolute atomic E-state index is 2.34. The van der Waals surface area contributed by atoms with Crippen molar-refractivity contribution in [2.24, 2.45) is 10.8 Å². The van der Waals surface area contributed by atoms with Crippen LogP contribution in [0.4, 0.5) is 0 Å². The van der Waals surface area contributed by atoms with Crippen LogP contribution in [0.1, 0.15) is 61.3 Å². The highest BCUT2D eigenvalue weighted by Gasteiger charge is 2.25. The minimum absolute atomic E-state index is 0.281. The van der Waals surface area contributed by atoms with E-state index in [-0.39, 0.29) is 5.41 Å². The van der Waals surface area contributed by atoms with Crippen LogP contribution in [0.25, 0.3) is 0 Å². The summed E-state index contributed by atoms with van der Waals surface area (Å²) in [5.74, 6) is 0. The van der Waals surface area contributed by atoms with Gasteiger partial charge in [-0.05, 0) is 37.5 Å². The van der Waals surface area contributed by atoms with Gasteiger partial charge >= 0.3 is 0 Å². The molecule has 0 heterocycles. The second-order valence-electron chi connectivity index (χ2n) is 5.72. The van der Waals surface area contributed by atoms with Crippen LogP contribution in [0, 0.1) is 10.8 Å². The minimum Gasteiger partial charge on any atom is -0.0911 e. The van der Waals surface area contributed by atoms with Crippen molar-refractivity contribution < 1.29 is 0 Å². The van der Waals surface area contributed by atoms with E-state index < -0.39 is 0 Å². The summed E-state index contributed by atoms with van der Waals surface area (Å²) in [7, 11) is 0. The van der Waals surface area contributed by atoms with Crippen molar-refractivity contribution in [1.82, 2.24) is 0 Å². The van der Waals surface area contributed by atoms with Crippen molar-refractivity contribution >= 4 is 0 Å². The van der Waals surface area contributed by atoms with Crippen LogP contribution in [0.15, 0.2) is 23.8 Å². The van der Waals surface area contributed by atoms with E-state index in [4.69, 9.17) is 0 Å². The molecule has 0 aromatic heterocycles. The van der Waals surface area contributed by atoms with Crippen molar-refractivity contribution in [2.75, 3.05) is 0 Å². The summed E-state index contributed by atoms with van der Waals surface area (Å²) in [5, 5.41) is 0. The summed E-state index contributed by atoms with van der Waals surface area (Å²) in [5.41, 5.74) is 2.20. The first-order chi connectivity index (χ1) is 6.79. The maximum Gasteiger partial charge on any atom is -0.0138 e. The van der Waals surface area contributed by atoms with E-state index >= 15 is 0 Å². The van der Waals surface area contributed by atoms with Gasteiger partial charge < -0.3 is 0 Å². The van der Waals surface area contributed by atoms with E-state index in [1.165, 1.54) is 6.42 Å². The molecular weight excluding hydrogens is 180 g/mol. The Balaban J connectivity index is 4.77. The average molecular weight is 208 g/mol. The lowest BCUT2D eigenvalue weighted by atomic mass is 9.73. The van der Waals surface area contributed by atoms with Gasteiger partial charge in [-0.1, -0.05) is 58.4 Å². The summed E-state index contributed by atoms with van der Waals surface area (Å²) in [6.07, 6.45) is 9.14. The van der Waals surface area contributed by atoms with Crippen LogP contribution in [-0.2, 0) is 0 Å². The molecule has 0 aromatic rings. The molecule has 0 saturated carbocycles. The molecule has 0 aliphatic rings. The molecular formula is C15H28. The molecule has 0 nitrogen and oxygen atoms in total. The first-order valence-electron chi connectivity index (χ1n) is 6.08. The van der Waals surface area contributed by atoms with Crippen molar-refractivity contribution in [3.63, 3.8) is 0 Å². The van der Waals surface area contributed by atoms with E-state index in [2.05, 4.69) is 66.7 Å². The Morgan fingerprint density at radius 2 is 1.60 bits per heavy atom. The summed E-state index contributed by atoms with van der Waals surface area (Å²) in [6, 6.07) is 0. The topological polar surface area (TPSA) is 0 Å². The van der Waals surface area contributed by atoms with Gasteiger partial charge in [0.05, 0.1) is 0 Å². The second-order valence-corrected chi connectivity index (χ2v) is 5.72. The van der Waals surface area contributed by atoms with Gasteiger partial charge in [0.25, 0.3) is 0 Å². The van der Waals surface area contributed by atoms with Crippen LogP contribution >= 0.6 is 0 Å². The largest absolute Gasteiger partial charge is 0.0911 e. The molecule has 0 aromatic carbocycles. The van der Waals surface area contributed by atoms with Crippen molar-refractivity contribution in [1.29, 1.82) is 0 Å². The van der Waals surface area contributed by atoms with Crippen LogP contribution in [0.2, 0.25) is 0 Å². The zero-order valence-corrected chi connectivity index (χ0v) is 11.6. The Bertz CT molecular complexity index is 239. The first-order valence-corrected chi connectivity index (χ1v) is 6.08. The molecule has 0 saturated heterocycles. The highest BCUT2D eigenvalue weighted by atomic mass is 14.3. The molecule has 0 amide bonds. The zero-order valence-electron chi connectivity index (χ0n) is 11.6. The molecule has 0 rings (SSSR count). The fraction of sp³-hybridized carbons (Fsp3) is 0.733. The Labute approximate surface area is 96.5 Å². The third kappa shape index (κ3) is 4.68. The lowest BCUT2D eigenvalue weighted by molar-refractivity contribution is 0.362. The predicted octanol–water partition coefficient (Wildman–Crippen LogP) is 5.36. The van der Waals surface area contributed by atoms with Gasteiger partial charge in [0, 0.05) is 0 Å². The third-order valence-electron chi connectivity index (χ3n) is 3.37. The van der Waals surface area contributed by atoms with E-state index in [1.54, 1.807) is 5.57 Å². The van der Waals surface area contributed by atoms with E-state index in [0.717, 1.165) is 6.42 Å². The first kappa shape index (κ1) is 14.5. The van der Waals surface area contributed by atoms with Gasteiger partial charge in [-0.25, -0.2) is 0 Å². The molecule has 15 heavy (non-hydrogen) atoms. The smallest absolute Gasteiger partial charge is 0.0138 e. The van der Waals surface area contributed by atoms with Gasteiger partial charge in [-0.3, -0.25) is 0 Å². The Kier molecular flexibility index (Phi) is 5.34. The Hall–Kier alpha value is -0.520. The van der Waals surface area contributed by atoms with E-state index in [0.29, 0.717) is 5.41 Å². The summed E-state index contributed by atoms with van der Waals surface area (Å²) < 4.78 is 0. The maximum atomic E-state index is 2.34. The van der Waals surface area contributed by atoms with Gasteiger partial charge in [0.1, 0.15) is 0 Å². The molecule has 0 aliphatic carbocycles. The van der Waals surface area contributed by atoms with Crippen LogP contribution in [-0.4, -0.2) is 0 Å². The van der Waals surface area contributed by atoms with Gasteiger partial charge in [-0.15, -0.1) is 0 Å². The number of rotatable bonds is 5. The lowest BCUT2D eigenvalue weighted by Gasteiger charge is -2.32. The molecule has 0 radical (unpaired) electrons. The molecule has 0 heteroatoms. The Morgan fingerprint density at radius 1 is 1.07 bits per heavy atom. The fourth-order valence-electron chi connectivity index (χ4n) is 1.96. The number of allylic oxidation sites excluding steroid dienone is 4. The molecule has 88 valence electrons. The summed E-state index contributed by atoms with van der Waals surface area (Å²) in [4.78, 5) is 0. The highest BCUT2D eigenvalue weighted by molar-refractivity contribution is 5.15. The third-order valence-corrected chi connectivity index (χ3v) is 3.37. The van der Waals surface area contributed by atoms with Crippen LogP contribution in [0.3, 0.4) is 0 Å². The molecule has 0 bridgehead atoms. The van der Waals surface area contributed by atoms with Crippen molar-refractivity contribution in [3.05, 3.63) is 23.8 Å². The highest BCUT2D eigenvalue weighted by Crippen LogP contribution is 2.38. The quantitative estimate of drug-likeness (QED) is 0.533. The lowest BCUT2D eigenvalue weighted by Crippen LogP contribution is -2.19. The average Bonchev–Trinajstić information content (AvgIpc) is 2.14. The van der Waals surface area contributed by atoms with E-state index in [9.17, 15) is 0 Å². The molecule has 0 aliphatic heterocycles. The monoisotopic (exact) mass is 208 g/mol. The SMILES string of the molecule is CC=CC(C)(C)CC(=CC)C(C)(C)CC. The minimum atomic E-state index is 0.281. The molecule has 0 unspecified atom stereocenters. The van der Waals surface area contributed by atoms with Crippen LogP contribution in [0.5, 0.6) is 0 Å². The summed E-state index contributed by atoms with van der Waals surface area (Å²) in [6.45, 7) is 15.8. The fourth-order valence-corrected chi connectivity index (χ4v) is 1.96. The molecule has 0 atom stereocenters. The second kappa shape index (κ2) is 5.53. The van der Waals surface area contributed by atoms with Gasteiger partial charge in [-0.2, -0.15) is 0 Å². The number of hydrogen-bond acceptors (Lipinski definition) is 0. The van der Waals surface area contributed by atoms with E-state index in [1.807, 2.05) is 0 Å². The Morgan fingerprint density at radius 3 is 1.93 bits per heavy atom. The molecule has 0 spiro atoms. The van der Waals surface area contributed by atoms with Gasteiger partial charge in [0.2, 0.25) is 0 Å². The van der Waals surface area contributed by atoms with Gasteiger partial charge in [0.15, 0.2) is 0 Å².